The van der Waals surface area contributed by atoms with Crippen LogP contribution in [0.15, 0.2) is 24.3 Å². The largest absolute Gasteiger partial charge is 0.631 e. The van der Waals surface area contributed by atoms with Crippen LogP contribution in [0.25, 0.3) is 0 Å². The molecule has 60 valence electrons. The molecule has 0 aliphatic carbocycles. The topological polar surface area (TPSA) is 60.7 Å². The number of hydrogen-bond donors (Lipinski definition) is 3. The number of hydrogen-bond acceptors (Lipinski definition) is 3. The van der Waals surface area contributed by atoms with Crippen molar-refractivity contribution in [3.05, 3.63) is 29.8 Å². The predicted octanol–water partition coefficient (Wildman–Crippen LogP) is -1.26. The fraction of sp³-hybridized carbons (Fsp3) is 0.143. The van der Waals surface area contributed by atoms with E-state index in [1.807, 2.05) is 0 Å². The Balaban J connectivity index is 0.000000261. The monoisotopic (exact) mass is 176 g/mol. The second kappa shape index (κ2) is 6.66. The molecule has 3 N–H and O–H groups in total. The van der Waals surface area contributed by atoms with Gasteiger partial charge in [0.1, 0.15) is 0 Å². The van der Waals surface area contributed by atoms with Crippen molar-refractivity contribution in [2.24, 2.45) is 0 Å². The molecule has 0 spiro atoms. The SMILES string of the molecule is Cc1cc[c]([Na])cc1.OB(O)O. The summed E-state index contributed by atoms with van der Waals surface area (Å²) in [6.07, 6.45) is 0. The van der Waals surface area contributed by atoms with Gasteiger partial charge in [-0.2, -0.15) is 0 Å². The molecular weight excluding hydrogens is 166 g/mol. The molecule has 0 heterocycles. The molecule has 0 atom stereocenters. The van der Waals surface area contributed by atoms with E-state index in [9.17, 15) is 0 Å². The minimum atomic E-state index is -2.17. The molecule has 1 rings (SSSR count). The maximum absolute atomic E-state index is 7.17. The second-order valence-electron chi connectivity index (χ2n) is 2.50. The smallest absolute Gasteiger partial charge is 0.402 e. The van der Waals surface area contributed by atoms with Crippen LogP contribution >= 0.6 is 0 Å². The minimum Gasteiger partial charge on any atom is -0.402 e. The molecular formula is C7H10BNaO3. The Morgan fingerprint density at radius 1 is 1.08 bits per heavy atom. The third-order valence-electron chi connectivity index (χ3n) is 1.22. The zero-order valence-electron chi connectivity index (χ0n) is 7.23. The van der Waals surface area contributed by atoms with Crippen molar-refractivity contribution in [1.82, 2.24) is 0 Å². The van der Waals surface area contributed by atoms with Crippen LogP contribution in [-0.4, -0.2) is 50.3 Å². The van der Waals surface area contributed by atoms with Crippen LogP contribution in [0.3, 0.4) is 0 Å². The second-order valence-corrected chi connectivity index (χ2v) is 3.66. The number of rotatable bonds is 0. The average Bonchev–Trinajstić information content (AvgIpc) is 1.94. The Kier molecular flexibility index (Phi) is 6.75. The molecule has 0 amide bonds. The summed E-state index contributed by atoms with van der Waals surface area (Å²) in [4.78, 5) is 0. The summed E-state index contributed by atoms with van der Waals surface area (Å²) in [5.74, 6) is 0. The summed E-state index contributed by atoms with van der Waals surface area (Å²) in [7, 11) is -2.17. The third-order valence-corrected chi connectivity index (χ3v) is 1.88. The Hall–Kier alpha value is 0.165. The summed E-state index contributed by atoms with van der Waals surface area (Å²) in [6, 6.07) is 8.67. The van der Waals surface area contributed by atoms with E-state index in [1.54, 1.807) is 0 Å². The Morgan fingerprint density at radius 2 is 1.42 bits per heavy atom. The van der Waals surface area contributed by atoms with Gasteiger partial charge in [0.05, 0.1) is 0 Å². The van der Waals surface area contributed by atoms with E-state index >= 15 is 0 Å². The van der Waals surface area contributed by atoms with Crippen molar-refractivity contribution in [3.8, 4) is 0 Å². The first-order valence-corrected chi connectivity index (χ1v) is 4.60. The van der Waals surface area contributed by atoms with Crippen molar-refractivity contribution in [2.75, 3.05) is 0 Å². The maximum Gasteiger partial charge on any atom is 0.631 e. The van der Waals surface area contributed by atoms with Gasteiger partial charge in [-0.1, -0.05) is 0 Å². The molecule has 0 radical (unpaired) electrons. The summed E-state index contributed by atoms with van der Waals surface area (Å²) in [5.41, 5.74) is 1.35. The van der Waals surface area contributed by atoms with Crippen LogP contribution < -0.4 is 2.81 Å². The quantitative estimate of drug-likeness (QED) is 0.432. The van der Waals surface area contributed by atoms with Gasteiger partial charge in [0.15, 0.2) is 0 Å². The molecule has 1 aromatic rings. The van der Waals surface area contributed by atoms with Gasteiger partial charge in [-0.25, -0.2) is 0 Å². The van der Waals surface area contributed by atoms with Gasteiger partial charge in [-0.3, -0.25) is 0 Å². The van der Waals surface area contributed by atoms with Crippen molar-refractivity contribution in [3.63, 3.8) is 0 Å². The van der Waals surface area contributed by atoms with Crippen LogP contribution in [0.4, 0.5) is 0 Å². The van der Waals surface area contributed by atoms with Crippen LogP contribution in [0.5, 0.6) is 0 Å². The van der Waals surface area contributed by atoms with E-state index < -0.39 is 7.32 Å². The van der Waals surface area contributed by atoms with E-state index in [2.05, 4.69) is 31.2 Å². The molecule has 0 saturated heterocycles. The molecule has 0 aliphatic heterocycles. The molecule has 3 nitrogen and oxygen atoms in total. The van der Waals surface area contributed by atoms with E-state index in [4.69, 9.17) is 15.1 Å². The van der Waals surface area contributed by atoms with Crippen LogP contribution in [0.1, 0.15) is 5.56 Å². The van der Waals surface area contributed by atoms with Gasteiger partial charge in [-0.05, 0) is 0 Å². The van der Waals surface area contributed by atoms with E-state index in [0.717, 1.165) is 0 Å². The molecule has 5 heteroatoms. The summed E-state index contributed by atoms with van der Waals surface area (Å²) >= 11 is 1.17. The van der Waals surface area contributed by atoms with Crippen molar-refractivity contribution in [1.29, 1.82) is 0 Å². The number of benzene rings is 1. The van der Waals surface area contributed by atoms with Gasteiger partial charge in [-0.15, -0.1) is 0 Å². The molecule has 0 fully saturated rings. The fourth-order valence-corrected chi connectivity index (χ4v) is 0.970. The van der Waals surface area contributed by atoms with Gasteiger partial charge in [0, 0.05) is 0 Å². The maximum atomic E-state index is 7.17. The first-order valence-electron chi connectivity index (χ1n) is 3.60. The Morgan fingerprint density at radius 3 is 1.67 bits per heavy atom. The van der Waals surface area contributed by atoms with Gasteiger partial charge in [0.25, 0.3) is 0 Å². The molecule has 0 aliphatic rings. The summed E-state index contributed by atoms with van der Waals surface area (Å²) in [5, 5.41) is 21.5. The van der Waals surface area contributed by atoms with Crippen LogP contribution in [0, 0.1) is 6.92 Å². The van der Waals surface area contributed by atoms with E-state index in [0.29, 0.717) is 0 Å². The fourth-order valence-electron chi connectivity index (χ4n) is 0.637. The van der Waals surface area contributed by atoms with Crippen molar-refractivity contribution >= 4 is 38.1 Å². The van der Waals surface area contributed by atoms with Crippen LogP contribution in [-0.2, 0) is 0 Å². The summed E-state index contributed by atoms with van der Waals surface area (Å²) in [6.45, 7) is 2.11. The molecule has 1 aromatic carbocycles. The predicted molar refractivity (Wildman–Crippen MR) is 49.0 cm³/mol. The molecule has 0 aromatic heterocycles. The average molecular weight is 176 g/mol. The normalized spacial score (nSPS) is 8.50. The zero-order chi connectivity index (χ0) is 9.56. The molecule has 0 bridgehead atoms. The minimum absolute atomic E-state index is 1.17. The molecule has 0 saturated carbocycles. The Bertz CT molecular complexity index is 189. The van der Waals surface area contributed by atoms with Crippen LogP contribution in [0.2, 0.25) is 0 Å². The van der Waals surface area contributed by atoms with Gasteiger partial charge < -0.3 is 15.1 Å². The standard InChI is InChI=1S/C7H7.BH3O3.Na/c1-7-5-3-2-4-6-7;2-1(3)4;/h3-6H,1H3;2-4H;. The summed E-state index contributed by atoms with van der Waals surface area (Å²) < 4.78 is 1.47. The molecule has 0 unspecified atom stereocenters. The Labute approximate surface area is 89.6 Å². The van der Waals surface area contributed by atoms with Crippen molar-refractivity contribution < 1.29 is 15.1 Å². The zero-order valence-corrected chi connectivity index (χ0v) is 9.23. The molecule has 12 heavy (non-hydrogen) atoms. The van der Waals surface area contributed by atoms with Crippen molar-refractivity contribution in [2.45, 2.75) is 6.92 Å². The van der Waals surface area contributed by atoms with Gasteiger partial charge in [0.2, 0.25) is 0 Å². The first kappa shape index (κ1) is 12.2. The van der Waals surface area contributed by atoms with E-state index in [-0.39, 0.29) is 0 Å². The number of aryl methyl sites for hydroxylation is 1. The van der Waals surface area contributed by atoms with Gasteiger partial charge >= 0.3 is 74.8 Å². The van der Waals surface area contributed by atoms with E-state index in [1.165, 1.54) is 36.3 Å². The third kappa shape index (κ3) is 8.26. The first-order chi connectivity index (χ1) is 5.52.